The predicted molar refractivity (Wildman–Crippen MR) is 130 cm³/mol. The Kier molecular flexibility index (Phi) is 5.70. The largest absolute Gasteiger partial charge is 0.497 e. The summed E-state index contributed by atoms with van der Waals surface area (Å²) >= 11 is 0. The van der Waals surface area contributed by atoms with Crippen LogP contribution in [-0.4, -0.2) is 30.8 Å². The topological polar surface area (TPSA) is 107 Å². The Morgan fingerprint density at radius 1 is 1.06 bits per heavy atom. The van der Waals surface area contributed by atoms with Crippen LogP contribution in [0.1, 0.15) is 28.1 Å². The maximum absolute atomic E-state index is 13.3. The number of carbonyl (C=O) groups excluding carboxylic acids is 3. The third-order valence-electron chi connectivity index (χ3n) is 5.72. The fourth-order valence-electron chi connectivity index (χ4n) is 3.98. The number of carbonyl (C=O) groups is 3. The zero-order valence-corrected chi connectivity index (χ0v) is 19.1. The zero-order valence-electron chi connectivity index (χ0n) is 19.1. The molecule has 2 amide bonds. The monoisotopic (exact) mass is 470 g/mol. The molecule has 1 aromatic heterocycles. The van der Waals surface area contributed by atoms with Gasteiger partial charge in [-0.25, -0.2) is 0 Å². The Morgan fingerprint density at radius 2 is 1.89 bits per heavy atom. The number of ketones is 1. The standard InChI is InChI=1S/C27H22N2O6/c1-15-10-11-21-19(12-15)28-27(32)22(34-21)14-23(30)29-24-18-8-3-4-9-20(18)35-26(24)25(31)16-6-5-7-17(13-16)33-2/h3-13,22H,14H2,1-2H3,(H,28,32)(H,29,30). The second kappa shape index (κ2) is 8.98. The number of fused-ring (bicyclic) bond motifs is 2. The van der Waals surface area contributed by atoms with Gasteiger partial charge >= 0.3 is 0 Å². The molecular weight excluding hydrogens is 448 g/mol. The van der Waals surface area contributed by atoms with Gasteiger partial charge in [-0.15, -0.1) is 0 Å². The van der Waals surface area contributed by atoms with Gasteiger partial charge in [0.15, 0.2) is 11.9 Å². The van der Waals surface area contributed by atoms with Crippen LogP contribution in [0.3, 0.4) is 0 Å². The van der Waals surface area contributed by atoms with Gasteiger partial charge in [0.2, 0.25) is 11.7 Å². The minimum Gasteiger partial charge on any atom is -0.497 e. The summed E-state index contributed by atoms with van der Waals surface area (Å²) in [5.74, 6) is -0.312. The maximum Gasteiger partial charge on any atom is 0.266 e. The van der Waals surface area contributed by atoms with Crippen molar-refractivity contribution in [3.63, 3.8) is 0 Å². The molecule has 1 aliphatic heterocycles. The summed E-state index contributed by atoms with van der Waals surface area (Å²) in [7, 11) is 1.51. The molecule has 0 saturated heterocycles. The van der Waals surface area contributed by atoms with E-state index in [1.165, 1.54) is 7.11 Å². The van der Waals surface area contributed by atoms with Gasteiger partial charge in [-0.2, -0.15) is 0 Å². The Bertz CT molecular complexity index is 1470. The molecule has 8 nitrogen and oxygen atoms in total. The molecule has 4 aromatic rings. The summed E-state index contributed by atoms with van der Waals surface area (Å²) in [4.78, 5) is 38.8. The van der Waals surface area contributed by atoms with Crippen LogP contribution in [0.4, 0.5) is 11.4 Å². The number of aryl methyl sites for hydroxylation is 1. The first kappa shape index (κ1) is 22.2. The lowest BCUT2D eigenvalue weighted by Crippen LogP contribution is -2.39. The number of furan rings is 1. The highest BCUT2D eigenvalue weighted by Crippen LogP contribution is 2.34. The minimum atomic E-state index is -1.01. The van der Waals surface area contributed by atoms with E-state index in [4.69, 9.17) is 13.9 Å². The van der Waals surface area contributed by atoms with Crippen LogP contribution in [0.25, 0.3) is 11.0 Å². The third kappa shape index (κ3) is 4.33. The first-order valence-electron chi connectivity index (χ1n) is 11.0. The van der Waals surface area contributed by atoms with E-state index in [1.807, 2.05) is 13.0 Å². The van der Waals surface area contributed by atoms with Crippen molar-refractivity contribution in [2.75, 3.05) is 17.7 Å². The van der Waals surface area contributed by atoms with Crippen LogP contribution in [0, 0.1) is 6.92 Å². The van der Waals surface area contributed by atoms with E-state index in [0.29, 0.717) is 33.7 Å². The zero-order chi connectivity index (χ0) is 24.5. The summed E-state index contributed by atoms with van der Waals surface area (Å²) in [6, 6.07) is 19.1. The molecule has 2 heterocycles. The second-order valence-electron chi connectivity index (χ2n) is 8.21. The highest BCUT2D eigenvalue weighted by atomic mass is 16.5. The van der Waals surface area contributed by atoms with Crippen molar-refractivity contribution in [3.05, 3.63) is 83.6 Å². The lowest BCUT2D eigenvalue weighted by atomic mass is 10.1. The number of methoxy groups -OCH3 is 1. The van der Waals surface area contributed by atoms with Crippen LogP contribution in [0.2, 0.25) is 0 Å². The summed E-state index contributed by atoms with van der Waals surface area (Å²) in [5, 5.41) is 6.12. The van der Waals surface area contributed by atoms with E-state index in [1.54, 1.807) is 60.7 Å². The number of hydrogen-bond donors (Lipinski definition) is 2. The summed E-state index contributed by atoms with van der Waals surface area (Å²) in [6.45, 7) is 1.91. The molecule has 35 heavy (non-hydrogen) atoms. The van der Waals surface area contributed by atoms with Crippen LogP contribution < -0.4 is 20.1 Å². The lowest BCUT2D eigenvalue weighted by molar-refractivity contribution is -0.128. The number of nitrogens with one attached hydrogen (secondary N) is 2. The van der Waals surface area contributed by atoms with Gasteiger partial charge in [-0.05, 0) is 48.9 Å². The number of anilines is 2. The molecule has 1 unspecified atom stereocenters. The predicted octanol–water partition coefficient (Wildman–Crippen LogP) is 4.71. The van der Waals surface area contributed by atoms with Crippen LogP contribution in [-0.2, 0) is 9.59 Å². The molecule has 0 fully saturated rings. The van der Waals surface area contributed by atoms with Gasteiger partial charge < -0.3 is 24.5 Å². The second-order valence-corrected chi connectivity index (χ2v) is 8.21. The normalized spacial score (nSPS) is 14.6. The minimum absolute atomic E-state index is 0.0114. The van der Waals surface area contributed by atoms with Crippen molar-refractivity contribution in [2.24, 2.45) is 0 Å². The molecule has 0 aliphatic carbocycles. The first-order chi connectivity index (χ1) is 16.9. The molecule has 0 spiro atoms. The molecule has 0 saturated carbocycles. The number of amides is 2. The van der Waals surface area contributed by atoms with E-state index in [0.717, 1.165) is 5.56 Å². The van der Waals surface area contributed by atoms with Crippen molar-refractivity contribution in [3.8, 4) is 11.5 Å². The summed E-state index contributed by atoms with van der Waals surface area (Å²) < 4.78 is 16.8. The van der Waals surface area contributed by atoms with Crippen LogP contribution >= 0.6 is 0 Å². The molecule has 3 aromatic carbocycles. The molecule has 0 radical (unpaired) electrons. The van der Waals surface area contributed by atoms with Crippen molar-refractivity contribution >= 4 is 39.9 Å². The number of para-hydroxylation sites is 1. The van der Waals surface area contributed by atoms with E-state index in [2.05, 4.69) is 10.6 Å². The quantitative estimate of drug-likeness (QED) is 0.395. The van der Waals surface area contributed by atoms with Crippen molar-refractivity contribution in [1.82, 2.24) is 0 Å². The fraction of sp³-hybridized carbons (Fsp3) is 0.148. The highest BCUT2D eigenvalue weighted by molar-refractivity contribution is 6.17. The van der Waals surface area contributed by atoms with Gasteiger partial charge in [-0.3, -0.25) is 14.4 Å². The van der Waals surface area contributed by atoms with Gasteiger partial charge in [-0.1, -0.05) is 30.3 Å². The van der Waals surface area contributed by atoms with Crippen molar-refractivity contribution in [2.45, 2.75) is 19.4 Å². The number of ether oxygens (including phenoxy) is 2. The number of hydrogen-bond acceptors (Lipinski definition) is 6. The summed E-state index contributed by atoms with van der Waals surface area (Å²) in [6.07, 6.45) is -1.26. The Labute approximate surface area is 200 Å². The first-order valence-corrected chi connectivity index (χ1v) is 11.0. The molecule has 0 bridgehead atoms. The molecule has 2 N–H and O–H groups in total. The molecule has 176 valence electrons. The van der Waals surface area contributed by atoms with Gasteiger partial charge in [0.05, 0.1) is 24.9 Å². The highest BCUT2D eigenvalue weighted by Gasteiger charge is 2.31. The Balaban J connectivity index is 1.42. The smallest absolute Gasteiger partial charge is 0.266 e. The Morgan fingerprint density at radius 3 is 2.71 bits per heavy atom. The van der Waals surface area contributed by atoms with E-state index in [9.17, 15) is 14.4 Å². The third-order valence-corrected chi connectivity index (χ3v) is 5.72. The van der Waals surface area contributed by atoms with Gasteiger partial charge in [0.25, 0.3) is 5.91 Å². The lowest BCUT2D eigenvalue weighted by Gasteiger charge is -2.25. The van der Waals surface area contributed by atoms with E-state index < -0.39 is 23.7 Å². The fourth-order valence-corrected chi connectivity index (χ4v) is 3.98. The van der Waals surface area contributed by atoms with Crippen LogP contribution in [0.5, 0.6) is 11.5 Å². The van der Waals surface area contributed by atoms with Gasteiger partial charge in [0, 0.05) is 10.9 Å². The average molecular weight is 470 g/mol. The molecule has 5 rings (SSSR count). The average Bonchev–Trinajstić information content (AvgIpc) is 3.22. The molecule has 1 atom stereocenters. The van der Waals surface area contributed by atoms with E-state index >= 15 is 0 Å². The number of benzene rings is 3. The maximum atomic E-state index is 13.3. The van der Waals surface area contributed by atoms with Crippen molar-refractivity contribution in [1.29, 1.82) is 0 Å². The molecule has 8 heteroatoms. The molecule has 1 aliphatic rings. The number of rotatable bonds is 6. The molecular formula is C27H22N2O6. The Hall–Kier alpha value is -4.59. The summed E-state index contributed by atoms with van der Waals surface area (Å²) in [5.41, 5.74) is 2.58. The SMILES string of the molecule is COc1cccc(C(=O)c2oc3ccccc3c2NC(=O)CC2Oc3ccc(C)cc3NC2=O)c1. The van der Waals surface area contributed by atoms with E-state index in [-0.39, 0.29) is 17.9 Å². The van der Waals surface area contributed by atoms with Crippen LogP contribution in [0.15, 0.2) is 71.1 Å². The van der Waals surface area contributed by atoms with Crippen molar-refractivity contribution < 1.29 is 28.3 Å². The van der Waals surface area contributed by atoms with Gasteiger partial charge in [0.1, 0.15) is 17.1 Å².